The Labute approximate surface area is 249 Å². The zero-order valence-electron chi connectivity index (χ0n) is 25.4. The van der Waals surface area contributed by atoms with Crippen molar-refractivity contribution in [3.63, 3.8) is 0 Å². The van der Waals surface area contributed by atoms with Crippen molar-refractivity contribution in [3.05, 3.63) is 36.0 Å². The van der Waals surface area contributed by atoms with Gasteiger partial charge in [-0.3, -0.25) is 0 Å². The molecule has 2 aromatic heterocycles. The first-order valence-corrected chi connectivity index (χ1v) is 15.2. The van der Waals surface area contributed by atoms with Crippen LogP contribution in [0.3, 0.4) is 0 Å². The van der Waals surface area contributed by atoms with E-state index >= 15 is 0 Å². The fourth-order valence-electron chi connectivity index (χ4n) is 5.59. The molecule has 3 heterocycles. The molecule has 0 radical (unpaired) electrons. The molecule has 1 atom stereocenters. The molecule has 1 saturated carbocycles. The number of nitrogens with one attached hydrogen (secondary N) is 3. The van der Waals surface area contributed by atoms with E-state index in [1.165, 1.54) is 0 Å². The summed E-state index contributed by atoms with van der Waals surface area (Å²) < 4.78 is 16.1. The second kappa shape index (κ2) is 15.3. The number of esters is 1. The normalized spacial score (nSPS) is 20.9. The van der Waals surface area contributed by atoms with Crippen LogP contribution in [0.25, 0.3) is 11.3 Å². The van der Waals surface area contributed by atoms with Crippen molar-refractivity contribution in [3.8, 4) is 17.3 Å². The lowest BCUT2D eigenvalue weighted by Gasteiger charge is -2.32. The van der Waals surface area contributed by atoms with Crippen LogP contribution in [-0.4, -0.2) is 73.1 Å². The number of pyridine rings is 2. The molecule has 4 rings (SSSR count). The van der Waals surface area contributed by atoms with Crippen molar-refractivity contribution >= 4 is 17.6 Å². The van der Waals surface area contributed by atoms with E-state index in [1.807, 2.05) is 38.2 Å². The summed E-state index contributed by atoms with van der Waals surface area (Å²) in [6, 6.07) is 11.5. The quantitative estimate of drug-likeness (QED) is 0.284. The molecule has 1 aliphatic heterocycles. The van der Waals surface area contributed by atoms with Crippen LogP contribution < -0.4 is 16.0 Å². The Bertz CT molecular complexity index is 1200. The van der Waals surface area contributed by atoms with Gasteiger partial charge in [0.1, 0.15) is 18.2 Å². The van der Waals surface area contributed by atoms with Crippen molar-refractivity contribution in [1.82, 2.24) is 15.3 Å². The van der Waals surface area contributed by atoms with Gasteiger partial charge in [0.15, 0.2) is 0 Å². The van der Waals surface area contributed by atoms with Gasteiger partial charge in [-0.2, -0.15) is 5.26 Å². The molecule has 0 unspecified atom stereocenters. The summed E-state index contributed by atoms with van der Waals surface area (Å²) in [7, 11) is 0. The second-order valence-electron chi connectivity index (χ2n) is 12.0. The number of carbonyl (C=O) groups is 1. The molecule has 0 aromatic carbocycles. The van der Waals surface area contributed by atoms with E-state index in [4.69, 9.17) is 19.2 Å². The molecule has 228 valence electrons. The van der Waals surface area contributed by atoms with Crippen molar-refractivity contribution in [2.75, 3.05) is 43.6 Å². The summed E-state index contributed by atoms with van der Waals surface area (Å²) in [6.45, 7) is 10.1. The van der Waals surface area contributed by atoms with Crippen molar-refractivity contribution in [2.24, 2.45) is 5.41 Å². The van der Waals surface area contributed by atoms with Gasteiger partial charge < -0.3 is 30.2 Å². The molecule has 42 heavy (non-hydrogen) atoms. The molecule has 0 spiro atoms. The number of nitriles is 1. The summed E-state index contributed by atoms with van der Waals surface area (Å²) in [5.74, 6) is 1.30. The molecule has 2 fully saturated rings. The van der Waals surface area contributed by atoms with E-state index in [0.29, 0.717) is 38.4 Å². The molecular formula is C32H46N6O4. The van der Waals surface area contributed by atoms with Crippen LogP contribution in [0, 0.1) is 23.7 Å². The lowest BCUT2D eigenvalue weighted by atomic mass is 9.82. The first kappa shape index (κ1) is 31.7. The first-order valence-electron chi connectivity index (χ1n) is 15.2. The lowest BCUT2D eigenvalue weighted by Crippen LogP contribution is -2.43. The number of ether oxygens (including phenoxy) is 3. The predicted octanol–water partition coefficient (Wildman–Crippen LogP) is 4.85. The highest BCUT2D eigenvalue weighted by atomic mass is 16.6. The highest BCUT2D eigenvalue weighted by Crippen LogP contribution is 2.31. The van der Waals surface area contributed by atoms with Gasteiger partial charge in [0.25, 0.3) is 0 Å². The zero-order chi connectivity index (χ0) is 30.0. The smallest absolute Gasteiger partial charge is 0.332 e. The predicted molar refractivity (Wildman–Crippen MR) is 163 cm³/mol. The Balaban J connectivity index is 1.26. The van der Waals surface area contributed by atoms with E-state index < -0.39 is 5.41 Å². The maximum atomic E-state index is 11.6. The number of anilines is 2. The molecule has 0 amide bonds. The zero-order valence-corrected chi connectivity index (χ0v) is 25.4. The Kier molecular flexibility index (Phi) is 11.5. The second-order valence-corrected chi connectivity index (χ2v) is 12.0. The average molecular weight is 579 g/mol. The Hall–Kier alpha value is -3.26. The number of carbonyl (C=O) groups excluding carboxylic acids is 1. The summed E-state index contributed by atoms with van der Waals surface area (Å²) >= 11 is 0. The van der Waals surface area contributed by atoms with E-state index in [-0.39, 0.29) is 24.7 Å². The van der Waals surface area contributed by atoms with Crippen molar-refractivity contribution < 1.29 is 19.0 Å². The van der Waals surface area contributed by atoms with Gasteiger partial charge >= 0.3 is 5.97 Å². The fourth-order valence-corrected chi connectivity index (χ4v) is 5.59. The van der Waals surface area contributed by atoms with E-state index in [1.54, 1.807) is 0 Å². The molecule has 1 aliphatic carbocycles. The number of rotatable bonds is 13. The monoisotopic (exact) mass is 578 g/mol. The molecule has 1 saturated heterocycles. The van der Waals surface area contributed by atoms with Gasteiger partial charge in [-0.1, -0.05) is 6.07 Å². The molecule has 3 N–H and O–H groups in total. The Morgan fingerprint density at radius 2 is 1.88 bits per heavy atom. The van der Waals surface area contributed by atoms with Gasteiger partial charge in [-0.05, 0) is 90.0 Å². The number of aryl methyl sites for hydroxylation is 1. The SMILES string of the molecule is Cc1cnc(NC2CCC(N[C@@H](C)COCC(=O)OC(C)C)CC2)cc1-c1cccc(NCC2(C#N)CCOCC2)n1. The molecule has 2 aromatic rings. The third-order valence-corrected chi connectivity index (χ3v) is 7.98. The van der Waals surface area contributed by atoms with Crippen LogP contribution in [0.15, 0.2) is 30.5 Å². The highest BCUT2D eigenvalue weighted by molar-refractivity contribution is 5.70. The Morgan fingerprint density at radius 1 is 1.14 bits per heavy atom. The minimum absolute atomic E-state index is 0.0134. The lowest BCUT2D eigenvalue weighted by molar-refractivity contribution is -0.152. The third-order valence-electron chi connectivity index (χ3n) is 7.98. The van der Waals surface area contributed by atoms with Gasteiger partial charge in [0, 0.05) is 49.6 Å². The number of aromatic nitrogens is 2. The van der Waals surface area contributed by atoms with Gasteiger partial charge in [-0.25, -0.2) is 14.8 Å². The van der Waals surface area contributed by atoms with Crippen LogP contribution in [0.2, 0.25) is 0 Å². The highest BCUT2D eigenvalue weighted by Gasteiger charge is 2.32. The molecular weight excluding hydrogens is 532 g/mol. The Morgan fingerprint density at radius 3 is 2.60 bits per heavy atom. The van der Waals surface area contributed by atoms with E-state index in [9.17, 15) is 10.1 Å². The third kappa shape index (κ3) is 9.38. The molecule has 0 bridgehead atoms. The minimum Gasteiger partial charge on any atom is -0.461 e. The van der Waals surface area contributed by atoms with Crippen LogP contribution in [0.1, 0.15) is 64.9 Å². The fraction of sp³-hybridized carbons (Fsp3) is 0.625. The van der Waals surface area contributed by atoms with Crippen molar-refractivity contribution in [1.29, 1.82) is 5.26 Å². The van der Waals surface area contributed by atoms with E-state index in [0.717, 1.165) is 67.0 Å². The number of hydrogen-bond acceptors (Lipinski definition) is 10. The maximum absolute atomic E-state index is 11.6. The molecule has 10 nitrogen and oxygen atoms in total. The topological polar surface area (TPSA) is 130 Å². The summed E-state index contributed by atoms with van der Waals surface area (Å²) in [4.78, 5) is 21.2. The standard InChI is InChI=1S/C32H46N6O4/c1-22(2)42-31(39)19-41-18-24(4)36-25-8-10-26(11-9-25)37-30-16-27(23(3)17-34-30)28-6-5-7-29(38-28)35-21-32(20-33)12-14-40-15-13-32/h5-7,16-17,22,24-26,36H,8-15,18-19,21H2,1-4H3,(H,34,37)(H,35,38)/t24-,25?,26?/m0/s1. The molecule has 2 aliphatic rings. The number of nitrogens with zero attached hydrogens (tertiary/aromatic N) is 3. The van der Waals surface area contributed by atoms with Gasteiger partial charge in [-0.15, -0.1) is 0 Å². The summed E-state index contributed by atoms with van der Waals surface area (Å²) in [5, 5.41) is 20.5. The largest absolute Gasteiger partial charge is 0.461 e. The van der Waals surface area contributed by atoms with Crippen LogP contribution in [0.5, 0.6) is 0 Å². The van der Waals surface area contributed by atoms with E-state index in [2.05, 4.69) is 46.9 Å². The van der Waals surface area contributed by atoms with Gasteiger partial charge in [0.05, 0.1) is 29.9 Å². The summed E-state index contributed by atoms with van der Waals surface area (Å²) in [6.07, 6.45) is 7.44. The van der Waals surface area contributed by atoms with Crippen LogP contribution in [-0.2, 0) is 19.0 Å². The van der Waals surface area contributed by atoms with Gasteiger partial charge in [0.2, 0.25) is 0 Å². The van der Waals surface area contributed by atoms with Crippen LogP contribution in [0.4, 0.5) is 11.6 Å². The molecule has 10 heteroatoms. The maximum Gasteiger partial charge on any atom is 0.332 e. The number of hydrogen-bond donors (Lipinski definition) is 3. The minimum atomic E-state index is -0.414. The van der Waals surface area contributed by atoms with Crippen LogP contribution >= 0.6 is 0 Å². The average Bonchev–Trinajstić information content (AvgIpc) is 2.98. The summed E-state index contributed by atoms with van der Waals surface area (Å²) in [5.41, 5.74) is 2.56. The first-order chi connectivity index (χ1) is 20.2. The van der Waals surface area contributed by atoms with Crippen molar-refractivity contribution in [2.45, 2.75) is 90.4 Å².